The van der Waals surface area contributed by atoms with Gasteiger partial charge in [0.1, 0.15) is 0 Å². The second-order valence-electron chi connectivity index (χ2n) is 3.70. The highest BCUT2D eigenvalue weighted by Crippen LogP contribution is 2.33. The first-order valence-electron chi connectivity index (χ1n) is 5.39. The van der Waals surface area contributed by atoms with Gasteiger partial charge in [-0.3, -0.25) is 0 Å². The van der Waals surface area contributed by atoms with Crippen LogP contribution in [0.3, 0.4) is 0 Å². The molecule has 1 aromatic heterocycles. The highest BCUT2D eigenvalue weighted by atomic mass is 32.2. The zero-order valence-corrected chi connectivity index (χ0v) is 11.1. The van der Waals surface area contributed by atoms with Crippen LogP contribution in [0.2, 0.25) is 0 Å². The fraction of sp³-hybridized carbons (Fsp3) is 0.154. The van der Waals surface area contributed by atoms with Crippen molar-refractivity contribution in [2.24, 2.45) is 4.99 Å². The maximum absolute atomic E-state index is 4.73. The molecule has 17 heavy (non-hydrogen) atoms. The average Bonchev–Trinajstić information content (AvgIpc) is 2.80. The lowest BCUT2D eigenvalue weighted by Crippen LogP contribution is -2.03. The van der Waals surface area contributed by atoms with E-state index >= 15 is 0 Å². The average molecular weight is 260 g/mol. The lowest BCUT2D eigenvalue weighted by Gasteiger charge is -2.15. The Morgan fingerprint density at radius 1 is 1.24 bits per heavy atom. The van der Waals surface area contributed by atoms with Gasteiger partial charge in [0.25, 0.3) is 0 Å². The van der Waals surface area contributed by atoms with E-state index in [1.54, 1.807) is 11.8 Å². The summed E-state index contributed by atoms with van der Waals surface area (Å²) in [5.74, 6) is 0.944. The number of aliphatic imine (C=N–C) groups is 1. The molecular weight excluding hydrogens is 248 g/mol. The van der Waals surface area contributed by atoms with Gasteiger partial charge in [-0.1, -0.05) is 12.1 Å². The van der Waals surface area contributed by atoms with Crippen LogP contribution >= 0.6 is 23.5 Å². The molecule has 3 rings (SSSR count). The molecule has 0 saturated heterocycles. The van der Waals surface area contributed by atoms with Crippen LogP contribution in [0.5, 0.6) is 0 Å². The molecule has 2 nitrogen and oxygen atoms in total. The lowest BCUT2D eigenvalue weighted by molar-refractivity contribution is 0.955. The Labute approximate surface area is 109 Å². The van der Waals surface area contributed by atoms with E-state index in [9.17, 15) is 0 Å². The molecule has 1 aliphatic rings. The molecule has 0 saturated carbocycles. The number of thioether (sulfide) groups is 2. The predicted octanol–water partition coefficient (Wildman–Crippen LogP) is 3.98. The van der Waals surface area contributed by atoms with Crippen LogP contribution in [-0.2, 0) is 0 Å². The molecule has 4 heteroatoms. The van der Waals surface area contributed by atoms with E-state index in [1.165, 1.54) is 10.1 Å². The molecule has 0 spiro atoms. The second kappa shape index (κ2) is 4.63. The van der Waals surface area contributed by atoms with Gasteiger partial charge >= 0.3 is 0 Å². The molecule has 0 atom stereocenters. The standard InChI is InChI=1S/C13H12N2S2/c1-16-12-9-17-13-7-4-8-15(13)11-6-3-2-5-10(11)14-12/h2-8H,9H2,1H3. The molecule has 0 aliphatic carbocycles. The van der Waals surface area contributed by atoms with Gasteiger partial charge in [-0.05, 0) is 30.5 Å². The number of fused-ring (bicyclic) bond motifs is 3. The summed E-state index contributed by atoms with van der Waals surface area (Å²) in [5, 5.41) is 2.45. The topological polar surface area (TPSA) is 17.3 Å². The van der Waals surface area contributed by atoms with Crippen LogP contribution < -0.4 is 0 Å². The monoisotopic (exact) mass is 260 g/mol. The molecule has 1 aliphatic heterocycles. The van der Waals surface area contributed by atoms with E-state index in [2.05, 4.69) is 47.4 Å². The number of hydrogen-bond donors (Lipinski definition) is 0. The number of benzene rings is 1. The van der Waals surface area contributed by atoms with Crippen molar-refractivity contribution in [2.45, 2.75) is 5.03 Å². The molecule has 0 unspecified atom stereocenters. The highest BCUT2D eigenvalue weighted by Gasteiger charge is 2.12. The van der Waals surface area contributed by atoms with Gasteiger partial charge in [-0.2, -0.15) is 0 Å². The molecule has 0 amide bonds. The van der Waals surface area contributed by atoms with E-state index in [0.29, 0.717) is 0 Å². The van der Waals surface area contributed by atoms with Crippen LogP contribution in [0.25, 0.3) is 5.69 Å². The van der Waals surface area contributed by atoms with Crippen LogP contribution in [0.1, 0.15) is 0 Å². The van der Waals surface area contributed by atoms with Gasteiger partial charge < -0.3 is 4.57 Å². The summed E-state index contributed by atoms with van der Waals surface area (Å²) in [7, 11) is 0. The Kier molecular flexibility index (Phi) is 2.99. The first kappa shape index (κ1) is 11.0. The number of para-hydroxylation sites is 2. The van der Waals surface area contributed by atoms with Crippen molar-refractivity contribution in [3.63, 3.8) is 0 Å². The normalized spacial score (nSPS) is 14.3. The van der Waals surface area contributed by atoms with E-state index in [-0.39, 0.29) is 0 Å². The summed E-state index contributed by atoms with van der Waals surface area (Å²) >= 11 is 3.57. The summed E-state index contributed by atoms with van der Waals surface area (Å²) in [6.45, 7) is 0. The first-order valence-corrected chi connectivity index (χ1v) is 7.60. The Bertz CT molecular complexity index is 572. The highest BCUT2D eigenvalue weighted by molar-refractivity contribution is 8.15. The van der Waals surface area contributed by atoms with Gasteiger partial charge in [-0.15, -0.1) is 23.5 Å². The van der Waals surface area contributed by atoms with Crippen molar-refractivity contribution in [1.82, 2.24) is 4.57 Å². The van der Waals surface area contributed by atoms with E-state index < -0.39 is 0 Å². The fourth-order valence-corrected chi connectivity index (χ4v) is 3.50. The third-order valence-electron chi connectivity index (χ3n) is 2.68. The Balaban J connectivity index is 2.22. The smallest absolute Gasteiger partial charge is 0.0880 e. The largest absolute Gasteiger partial charge is 0.309 e. The van der Waals surface area contributed by atoms with E-state index in [4.69, 9.17) is 4.99 Å². The van der Waals surface area contributed by atoms with Crippen molar-refractivity contribution >= 4 is 34.3 Å². The van der Waals surface area contributed by atoms with Crippen molar-refractivity contribution in [2.75, 3.05) is 12.0 Å². The maximum Gasteiger partial charge on any atom is 0.0880 e. The molecule has 2 aromatic rings. The van der Waals surface area contributed by atoms with Crippen molar-refractivity contribution in [1.29, 1.82) is 0 Å². The third kappa shape index (κ3) is 2.03. The molecule has 0 N–H and O–H groups in total. The maximum atomic E-state index is 4.73. The fourth-order valence-electron chi connectivity index (χ4n) is 1.85. The molecule has 86 valence electrons. The van der Waals surface area contributed by atoms with Gasteiger partial charge in [0, 0.05) is 11.9 Å². The van der Waals surface area contributed by atoms with Crippen molar-refractivity contribution in [3.05, 3.63) is 42.6 Å². The molecule has 2 heterocycles. The lowest BCUT2D eigenvalue weighted by atomic mass is 10.2. The zero-order valence-electron chi connectivity index (χ0n) is 9.46. The number of aromatic nitrogens is 1. The minimum absolute atomic E-state index is 0.944. The summed E-state index contributed by atoms with van der Waals surface area (Å²) in [4.78, 5) is 4.73. The van der Waals surface area contributed by atoms with Gasteiger partial charge in [0.2, 0.25) is 0 Å². The molecule has 0 bridgehead atoms. The number of rotatable bonds is 0. The van der Waals surface area contributed by atoms with Crippen LogP contribution in [-0.4, -0.2) is 21.6 Å². The molecule has 0 fully saturated rings. The third-order valence-corrected chi connectivity index (χ3v) is 4.61. The summed E-state index contributed by atoms with van der Waals surface area (Å²) in [6.07, 6.45) is 4.18. The number of hydrogen-bond acceptors (Lipinski definition) is 3. The Morgan fingerprint density at radius 2 is 2.12 bits per heavy atom. The van der Waals surface area contributed by atoms with E-state index in [0.717, 1.165) is 17.1 Å². The number of nitrogens with zero attached hydrogens (tertiary/aromatic N) is 2. The second-order valence-corrected chi connectivity index (χ2v) is 5.58. The molecule has 0 radical (unpaired) electrons. The summed E-state index contributed by atoms with van der Waals surface area (Å²) in [5.41, 5.74) is 2.21. The minimum Gasteiger partial charge on any atom is -0.309 e. The first-order chi connectivity index (χ1) is 8.38. The molecular formula is C13H12N2S2. The van der Waals surface area contributed by atoms with Crippen LogP contribution in [0, 0.1) is 0 Å². The SMILES string of the molecule is CSC1=Nc2ccccc2-n2cccc2SC1. The van der Waals surface area contributed by atoms with Crippen LogP contribution in [0.4, 0.5) is 5.69 Å². The quantitative estimate of drug-likeness (QED) is 0.713. The van der Waals surface area contributed by atoms with Gasteiger partial charge in [0.05, 0.1) is 21.4 Å². The van der Waals surface area contributed by atoms with Gasteiger partial charge in [0.15, 0.2) is 0 Å². The molecule has 1 aromatic carbocycles. The Morgan fingerprint density at radius 3 is 3.00 bits per heavy atom. The van der Waals surface area contributed by atoms with E-state index in [1.807, 2.05) is 17.8 Å². The Hall–Kier alpha value is -1.13. The van der Waals surface area contributed by atoms with Crippen molar-refractivity contribution in [3.8, 4) is 5.69 Å². The van der Waals surface area contributed by atoms with Gasteiger partial charge in [-0.25, -0.2) is 4.99 Å². The van der Waals surface area contributed by atoms with Crippen molar-refractivity contribution < 1.29 is 0 Å². The summed E-state index contributed by atoms with van der Waals surface area (Å²) in [6, 6.07) is 12.5. The predicted molar refractivity (Wildman–Crippen MR) is 77.1 cm³/mol. The van der Waals surface area contributed by atoms with Crippen LogP contribution in [0.15, 0.2) is 52.6 Å². The minimum atomic E-state index is 0.944. The zero-order chi connectivity index (χ0) is 11.7. The summed E-state index contributed by atoms with van der Waals surface area (Å²) < 4.78 is 2.21.